The fourth-order valence-corrected chi connectivity index (χ4v) is 3.02. The summed E-state index contributed by atoms with van der Waals surface area (Å²) in [6, 6.07) is 12.3. The van der Waals surface area contributed by atoms with Gasteiger partial charge in [0.25, 0.3) is 0 Å². The third kappa shape index (κ3) is 5.32. The van der Waals surface area contributed by atoms with Crippen molar-refractivity contribution in [3.05, 3.63) is 52.5 Å². The number of halogens is 2. The van der Waals surface area contributed by atoms with Crippen LogP contribution in [-0.2, 0) is 0 Å². The Labute approximate surface area is 138 Å². The van der Waals surface area contributed by atoms with Crippen molar-refractivity contribution in [2.45, 2.75) is 11.0 Å². The van der Waals surface area contributed by atoms with Crippen LogP contribution in [0.25, 0.3) is 0 Å². The number of hydrogen-bond acceptors (Lipinski definition) is 4. The highest BCUT2D eigenvalue weighted by Gasteiger charge is 2.09. The molecule has 112 valence electrons. The van der Waals surface area contributed by atoms with Crippen LogP contribution in [0.1, 0.15) is 0 Å². The quantitative estimate of drug-likeness (QED) is 0.612. The van der Waals surface area contributed by atoms with Crippen LogP contribution in [0.2, 0.25) is 10.0 Å². The average molecular weight is 344 g/mol. The van der Waals surface area contributed by atoms with E-state index in [1.807, 2.05) is 0 Å². The molecular weight excluding hydrogens is 329 g/mol. The molecule has 0 amide bonds. The number of aliphatic hydroxyl groups excluding tert-OH is 1. The first-order valence-corrected chi connectivity index (χ1v) is 8.03. The van der Waals surface area contributed by atoms with Crippen molar-refractivity contribution in [1.29, 1.82) is 0 Å². The lowest BCUT2D eigenvalue weighted by Gasteiger charge is -2.13. The first-order chi connectivity index (χ1) is 10.0. The number of thioether (sulfide) groups is 1. The maximum atomic E-state index is 9.95. The summed E-state index contributed by atoms with van der Waals surface area (Å²) in [5.41, 5.74) is 6.28. The smallest absolute Gasteiger partial charge is 0.121 e. The van der Waals surface area contributed by atoms with Crippen molar-refractivity contribution in [2.75, 3.05) is 18.1 Å². The fraction of sp³-hybridized carbons (Fsp3) is 0.200. The molecule has 0 spiro atoms. The number of nitrogen functional groups attached to an aromatic ring is 1. The SMILES string of the molecule is Nc1cccc(OCC(O)CSc2cc(Cl)ccc2Cl)c1. The third-order valence-electron chi connectivity index (χ3n) is 2.62. The highest BCUT2D eigenvalue weighted by molar-refractivity contribution is 7.99. The number of rotatable bonds is 6. The van der Waals surface area contributed by atoms with Gasteiger partial charge in [-0.15, -0.1) is 11.8 Å². The molecule has 0 fully saturated rings. The molecule has 2 aromatic rings. The summed E-state index contributed by atoms with van der Waals surface area (Å²) in [7, 11) is 0. The molecule has 21 heavy (non-hydrogen) atoms. The molecule has 3 N–H and O–H groups in total. The van der Waals surface area contributed by atoms with E-state index in [1.54, 1.807) is 42.5 Å². The molecule has 0 aliphatic heterocycles. The molecule has 2 aromatic carbocycles. The number of nitrogens with two attached hydrogens (primary N) is 1. The minimum atomic E-state index is -0.619. The monoisotopic (exact) mass is 343 g/mol. The third-order valence-corrected chi connectivity index (χ3v) is 4.50. The Hall–Kier alpha value is -1.07. The standard InChI is InChI=1S/C15H15Cl2NO2S/c16-10-4-5-14(17)15(6-10)21-9-12(19)8-20-13-3-1-2-11(18)7-13/h1-7,12,19H,8-9,18H2. The maximum absolute atomic E-state index is 9.95. The van der Waals surface area contributed by atoms with E-state index in [-0.39, 0.29) is 6.61 Å². The molecule has 1 atom stereocenters. The largest absolute Gasteiger partial charge is 0.491 e. The second kappa shape index (κ2) is 7.80. The van der Waals surface area contributed by atoms with Gasteiger partial charge in [0.1, 0.15) is 12.4 Å². The van der Waals surface area contributed by atoms with Crippen molar-refractivity contribution in [3.8, 4) is 5.75 Å². The van der Waals surface area contributed by atoms with Gasteiger partial charge in [0.15, 0.2) is 0 Å². The van der Waals surface area contributed by atoms with Crippen LogP contribution < -0.4 is 10.5 Å². The van der Waals surface area contributed by atoms with Crippen LogP contribution >= 0.6 is 35.0 Å². The van der Waals surface area contributed by atoms with E-state index in [4.69, 9.17) is 33.7 Å². The number of hydrogen-bond donors (Lipinski definition) is 2. The lowest BCUT2D eigenvalue weighted by Crippen LogP contribution is -2.20. The lowest BCUT2D eigenvalue weighted by molar-refractivity contribution is 0.126. The van der Waals surface area contributed by atoms with Gasteiger partial charge in [-0.1, -0.05) is 29.3 Å². The van der Waals surface area contributed by atoms with Crippen molar-refractivity contribution in [2.24, 2.45) is 0 Å². The summed E-state index contributed by atoms with van der Waals surface area (Å²) in [4.78, 5) is 0.840. The minimum absolute atomic E-state index is 0.189. The van der Waals surface area contributed by atoms with Crippen LogP contribution in [-0.4, -0.2) is 23.6 Å². The maximum Gasteiger partial charge on any atom is 0.121 e. The molecule has 2 rings (SSSR count). The Balaban J connectivity index is 1.82. The van der Waals surface area contributed by atoms with Crippen molar-refractivity contribution < 1.29 is 9.84 Å². The molecule has 3 nitrogen and oxygen atoms in total. The summed E-state index contributed by atoms with van der Waals surface area (Å²) in [5.74, 6) is 1.10. The molecule has 0 aliphatic rings. The molecule has 0 aromatic heterocycles. The van der Waals surface area contributed by atoms with Gasteiger partial charge in [0, 0.05) is 27.4 Å². The predicted octanol–water partition coefficient (Wildman–Crippen LogP) is 4.11. The lowest BCUT2D eigenvalue weighted by atomic mass is 10.3. The summed E-state index contributed by atoms with van der Waals surface area (Å²) in [6.07, 6.45) is -0.619. The summed E-state index contributed by atoms with van der Waals surface area (Å²) < 4.78 is 5.49. The second-order valence-electron chi connectivity index (χ2n) is 4.42. The number of aliphatic hydroxyl groups is 1. The Bertz CT molecular complexity index is 610. The topological polar surface area (TPSA) is 55.5 Å². The van der Waals surface area contributed by atoms with Crippen LogP contribution in [0.15, 0.2) is 47.4 Å². The van der Waals surface area contributed by atoms with Crippen molar-refractivity contribution >= 4 is 40.7 Å². The molecule has 0 saturated carbocycles. The zero-order valence-corrected chi connectivity index (χ0v) is 13.5. The Morgan fingerprint density at radius 2 is 2.00 bits per heavy atom. The minimum Gasteiger partial charge on any atom is -0.491 e. The van der Waals surface area contributed by atoms with E-state index >= 15 is 0 Å². The molecule has 0 bridgehead atoms. The van der Waals surface area contributed by atoms with E-state index in [2.05, 4.69) is 0 Å². The van der Waals surface area contributed by atoms with Gasteiger partial charge < -0.3 is 15.6 Å². The molecule has 0 radical (unpaired) electrons. The first-order valence-electron chi connectivity index (χ1n) is 6.29. The first kappa shape index (κ1) is 16.3. The zero-order chi connectivity index (χ0) is 15.2. The second-order valence-corrected chi connectivity index (χ2v) is 6.33. The zero-order valence-electron chi connectivity index (χ0n) is 11.1. The van der Waals surface area contributed by atoms with Crippen molar-refractivity contribution in [1.82, 2.24) is 0 Å². The van der Waals surface area contributed by atoms with E-state index in [9.17, 15) is 5.11 Å². The molecule has 0 heterocycles. The van der Waals surface area contributed by atoms with E-state index in [0.29, 0.717) is 27.2 Å². The van der Waals surface area contributed by atoms with Crippen LogP contribution in [0.3, 0.4) is 0 Å². The van der Waals surface area contributed by atoms with Gasteiger partial charge in [-0.25, -0.2) is 0 Å². The van der Waals surface area contributed by atoms with Crippen molar-refractivity contribution in [3.63, 3.8) is 0 Å². The van der Waals surface area contributed by atoms with Gasteiger partial charge in [-0.2, -0.15) is 0 Å². The van der Waals surface area contributed by atoms with E-state index < -0.39 is 6.10 Å². The van der Waals surface area contributed by atoms with Gasteiger partial charge in [-0.05, 0) is 30.3 Å². The molecule has 6 heteroatoms. The Morgan fingerprint density at radius 3 is 2.76 bits per heavy atom. The van der Waals surface area contributed by atoms with E-state index in [0.717, 1.165) is 4.90 Å². The summed E-state index contributed by atoms with van der Waals surface area (Å²) in [5, 5.41) is 11.2. The Kier molecular flexibility index (Phi) is 6.06. The van der Waals surface area contributed by atoms with Gasteiger partial charge in [-0.3, -0.25) is 0 Å². The highest BCUT2D eigenvalue weighted by Crippen LogP contribution is 2.30. The fourth-order valence-electron chi connectivity index (χ4n) is 1.62. The number of ether oxygens (including phenoxy) is 1. The average Bonchev–Trinajstić information content (AvgIpc) is 2.46. The molecule has 0 aliphatic carbocycles. The van der Waals surface area contributed by atoms with Crippen LogP contribution in [0.4, 0.5) is 5.69 Å². The summed E-state index contributed by atoms with van der Waals surface area (Å²) in [6.45, 7) is 0.189. The summed E-state index contributed by atoms with van der Waals surface area (Å²) >= 11 is 13.4. The molecule has 1 unspecified atom stereocenters. The highest BCUT2D eigenvalue weighted by atomic mass is 35.5. The number of anilines is 1. The van der Waals surface area contributed by atoms with Gasteiger partial charge in [0.2, 0.25) is 0 Å². The van der Waals surface area contributed by atoms with Gasteiger partial charge in [0.05, 0.1) is 11.1 Å². The van der Waals surface area contributed by atoms with Crippen LogP contribution in [0, 0.1) is 0 Å². The normalized spacial score (nSPS) is 12.1. The predicted molar refractivity (Wildman–Crippen MR) is 89.5 cm³/mol. The molecule has 0 saturated heterocycles. The van der Waals surface area contributed by atoms with Gasteiger partial charge >= 0.3 is 0 Å². The Morgan fingerprint density at radius 1 is 1.19 bits per heavy atom. The van der Waals surface area contributed by atoms with Crippen LogP contribution in [0.5, 0.6) is 5.75 Å². The molecular formula is C15H15Cl2NO2S. The van der Waals surface area contributed by atoms with E-state index in [1.165, 1.54) is 11.8 Å². The number of benzene rings is 2.